The molecule has 1 fully saturated rings. The Morgan fingerprint density at radius 2 is 1.77 bits per heavy atom. The first kappa shape index (κ1) is 28.1. The zero-order valence-electron chi connectivity index (χ0n) is 21.1. The molecule has 4 amide bonds. The molecule has 2 atom stereocenters. The molecule has 0 aliphatic carbocycles. The van der Waals surface area contributed by atoms with Gasteiger partial charge in [0, 0.05) is 7.11 Å². The van der Waals surface area contributed by atoms with Crippen LogP contribution in [0.25, 0.3) is 0 Å². The molecule has 1 heterocycles. The van der Waals surface area contributed by atoms with Gasteiger partial charge in [-0.2, -0.15) is 0 Å². The summed E-state index contributed by atoms with van der Waals surface area (Å²) in [5.74, 6) is -0.670. The Labute approximate surface area is 211 Å². The van der Waals surface area contributed by atoms with E-state index in [2.05, 4.69) is 10.6 Å². The number of rotatable bonds is 9. The number of halogens is 1. The van der Waals surface area contributed by atoms with Crippen molar-refractivity contribution in [3.63, 3.8) is 0 Å². The molecule has 1 aliphatic heterocycles. The summed E-state index contributed by atoms with van der Waals surface area (Å²) in [5.41, 5.74) is 1.97. The van der Waals surface area contributed by atoms with Gasteiger partial charge in [-0.15, -0.1) is 0 Å². The van der Waals surface area contributed by atoms with Crippen molar-refractivity contribution in [1.29, 1.82) is 0 Å². The molecule has 190 valence electrons. The van der Waals surface area contributed by atoms with Crippen molar-refractivity contribution in [3.8, 4) is 5.75 Å². The predicted octanol–water partition coefficient (Wildman–Crippen LogP) is 4.96. The monoisotopic (exact) mass is 503 g/mol. The maximum absolute atomic E-state index is 13.2. The van der Waals surface area contributed by atoms with Gasteiger partial charge in [-0.3, -0.25) is 9.59 Å². The van der Waals surface area contributed by atoms with E-state index in [0.717, 1.165) is 10.5 Å². The molecule has 0 bridgehead atoms. The molecule has 1 aliphatic rings. The number of nitrogens with zero attached hydrogens (tertiary/aromatic N) is 1. The fourth-order valence-electron chi connectivity index (χ4n) is 3.63. The lowest BCUT2D eigenvalue weighted by Crippen LogP contribution is -2.50. The summed E-state index contributed by atoms with van der Waals surface area (Å²) in [5, 5.41) is 5.82. The zero-order valence-corrected chi connectivity index (χ0v) is 21.8. The van der Waals surface area contributed by atoms with Crippen LogP contribution in [0.2, 0.25) is 5.02 Å². The fourth-order valence-corrected chi connectivity index (χ4v) is 3.91. The van der Waals surface area contributed by atoms with Gasteiger partial charge in [0.05, 0.1) is 17.3 Å². The Bertz CT molecular complexity index is 1030. The molecule has 1 saturated heterocycles. The van der Waals surface area contributed by atoms with E-state index in [-0.39, 0.29) is 5.92 Å². The van der Waals surface area contributed by atoms with Gasteiger partial charge in [-0.25, -0.2) is 9.69 Å². The number of ether oxygens (including phenoxy) is 2. The minimum absolute atomic E-state index is 0.320. The number of anilines is 1. The van der Waals surface area contributed by atoms with E-state index in [4.69, 9.17) is 21.1 Å². The lowest BCUT2D eigenvalue weighted by atomic mass is 10.00. The third-order valence-electron chi connectivity index (χ3n) is 5.30. The highest BCUT2D eigenvalue weighted by Crippen LogP contribution is 2.29. The highest BCUT2D eigenvalue weighted by molar-refractivity contribution is 6.33. The number of benzene rings is 2. The second kappa shape index (κ2) is 13.1. The van der Waals surface area contributed by atoms with Crippen LogP contribution in [-0.2, 0) is 14.3 Å². The van der Waals surface area contributed by atoms with E-state index in [1.54, 1.807) is 57.4 Å². The van der Waals surface area contributed by atoms with Gasteiger partial charge in [-0.1, -0.05) is 57.5 Å². The molecule has 2 aromatic carbocycles. The van der Waals surface area contributed by atoms with E-state index >= 15 is 0 Å². The Morgan fingerprint density at radius 1 is 1.11 bits per heavy atom. The molecule has 8 nitrogen and oxygen atoms in total. The standard InChI is InChI=1S/C24H28ClN3O5.C2H6/c1-14(2)21(22(29)26-19-10-5-15(3)13-18(19)25)28-23(30)20(27-24(28)31)16-6-8-17(9-7-16)33-12-11-32-4;1-2/h5-10,13-14,20-21H,11-12H2,1-4H3,(H,26,29)(H,27,31);1-2H3/t20-,21?;/m1./s1. The van der Waals surface area contributed by atoms with Gasteiger partial charge in [-0.05, 0) is 48.2 Å². The Kier molecular flexibility index (Phi) is 10.5. The minimum atomic E-state index is -1.00. The van der Waals surface area contributed by atoms with Crippen molar-refractivity contribution in [2.75, 3.05) is 25.6 Å². The zero-order chi connectivity index (χ0) is 26.1. The van der Waals surface area contributed by atoms with Gasteiger partial charge in [0.25, 0.3) is 5.91 Å². The predicted molar refractivity (Wildman–Crippen MR) is 137 cm³/mol. The van der Waals surface area contributed by atoms with Crippen LogP contribution in [-0.4, -0.2) is 49.1 Å². The molecular formula is C26H34ClN3O5. The van der Waals surface area contributed by atoms with Crippen LogP contribution in [0.15, 0.2) is 42.5 Å². The largest absolute Gasteiger partial charge is 0.491 e. The highest BCUT2D eigenvalue weighted by Gasteiger charge is 2.46. The number of amides is 4. The fraction of sp³-hybridized carbons (Fsp3) is 0.423. The molecule has 9 heteroatoms. The number of aryl methyl sites for hydroxylation is 1. The average Bonchev–Trinajstić information content (AvgIpc) is 3.11. The van der Waals surface area contributed by atoms with E-state index in [1.807, 2.05) is 26.8 Å². The van der Waals surface area contributed by atoms with E-state index in [9.17, 15) is 14.4 Å². The second-order valence-corrected chi connectivity index (χ2v) is 8.57. The van der Waals surface area contributed by atoms with Gasteiger partial charge in [0.1, 0.15) is 24.4 Å². The molecule has 35 heavy (non-hydrogen) atoms. The van der Waals surface area contributed by atoms with Crippen LogP contribution in [0.1, 0.15) is 44.9 Å². The van der Waals surface area contributed by atoms with Gasteiger partial charge in [0.2, 0.25) is 5.91 Å². The van der Waals surface area contributed by atoms with Gasteiger partial charge >= 0.3 is 6.03 Å². The van der Waals surface area contributed by atoms with E-state index < -0.39 is 29.9 Å². The number of hydrogen-bond acceptors (Lipinski definition) is 5. The Hall–Kier alpha value is -3.10. The van der Waals surface area contributed by atoms with E-state index in [0.29, 0.717) is 35.2 Å². The van der Waals surface area contributed by atoms with Crippen molar-refractivity contribution in [2.45, 2.75) is 46.7 Å². The summed E-state index contributed by atoms with van der Waals surface area (Å²) < 4.78 is 10.5. The smallest absolute Gasteiger partial charge is 0.325 e. The molecule has 0 aromatic heterocycles. The third-order valence-corrected chi connectivity index (χ3v) is 5.61. The summed E-state index contributed by atoms with van der Waals surface area (Å²) in [6, 6.07) is 9.60. The van der Waals surface area contributed by atoms with Crippen molar-refractivity contribution in [3.05, 3.63) is 58.6 Å². The average molecular weight is 504 g/mol. The molecule has 1 unspecified atom stereocenters. The van der Waals surface area contributed by atoms with Crippen LogP contribution in [0.3, 0.4) is 0 Å². The maximum atomic E-state index is 13.2. The quantitative estimate of drug-likeness (QED) is 0.372. The topological polar surface area (TPSA) is 97.0 Å². The van der Waals surface area contributed by atoms with Gasteiger partial charge < -0.3 is 20.1 Å². The van der Waals surface area contributed by atoms with Crippen LogP contribution < -0.4 is 15.4 Å². The number of carbonyl (C=O) groups excluding carboxylic acids is 3. The minimum Gasteiger partial charge on any atom is -0.491 e. The molecular weight excluding hydrogens is 470 g/mol. The second-order valence-electron chi connectivity index (χ2n) is 8.16. The summed E-state index contributed by atoms with van der Waals surface area (Å²) in [6.07, 6.45) is 0. The lowest BCUT2D eigenvalue weighted by Gasteiger charge is -2.27. The Balaban J connectivity index is 0.00000210. The summed E-state index contributed by atoms with van der Waals surface area (Å²) >= 11 is 6.24. The molecule has 0 saturated carbocycles. The number of nitrogens with one attached hydrogen (secondary N) is 2. The van der Waals surface area contributed by atoms with Crippen LogP contribution in [0.4, 0.5) is 10.5 Å². The van der Waals surface area contributed by atoms with Crippen molar-refractivity contribution < 1.29 is 23.9 Å². The Morgan fingerprint density at radius 3 is 2.34 bits per heavy atom. The first-order chi connectivity index (χ1) is 16.7. The number of imide groups is 1. The van der Waals surface area contributed by atoms with Crippen molar-refractivity contribution in [2.24, 2.45) is 5.92 Å². The summed E-state index contributed by atoms with van der Waals surface area (Å²) in [4.78, 5) is 40.1. The SMILES string of the molecule is CC.COCCOc1ccc([C@H]2NC(=O)N(C(C(=O)Nc3ccc(C)cc3Cl)C(C)C)C2=O)cc1. The highest BCUT2D eigenvalue weighted by atomic mass is 35.5. The maximum Gasteiger partial charge on any atom is 0.325 e. The molecule has 2 aromatic rings. The van der Waals surface area contributed by atoms with Crippen LogP contribution in [0, 0.1) is 12.8 Å². The molecule has 0 radical (unpaired) electrons. The molecule has 2 N–H and O–H groups in total. The van der Waals surface area contributed by atoms with Gasteiger partial charge in [0.15, 0.2) is 0 Å². The lowest BCUT2D eigenvalue weighted by molar-refractivity contribution is -0.135. The number of hydrogen-bond donors (Lipinski definition) is 2. The van der Waals surface area contributed by atoms with Crippen molar-refractivity contribution >= 4 is 35.1 Å². The van der Waals surface area contributed by atoms with Crippen molar-refractivity contribution in [1.82, 2.24) is 10.2 Å². The van der Waals surface area contributed by atoms with Crippen LogP contribution in [0.5, 0.6) is 5.75 Å². The van der Waals surface area contributed by atoms with E-state index in [1.165, 1.54) is 0 Å². The molecule has 0 spiro atoms. The molecule has 3 rings (SSSR count). The number of urea groups is 1. The number of carbonyl (C=O) groups is 3. The summed E-state index contributed by atoms with van der Waals surface area (Å²) in [6.45, 7) is 10.3. The third kappa shape index (κ3) is 6.96. The van der Waals surface area contributed by atoms with Crippen LogP contribution >= 0.6 is 11.6 Å². The number of methoxy groups -OCH3 is 1. The summed E-state index contributed by atoms with van der Waals surface area (Å²) in [7, 11) is 1.59. The normalized spacial score (nSPS) is 15.9. The first-order valence-corrected chi connectivity index (χ1v) is 12.0. The first-order valence-electron chi connectivity index (χ1n) is 11.6.